The van der Waals surface area contributed by atoms with Crippen LogP contribution < -0.4 is 15.6 Å². The van der Waals surface area contributed by atoms with Crippen LogP contribution in [0.15, 0.2) is 53.3 Å². The second kappa shape index (κ2) is 9.20. The van der Waals surface area contributed by atoms with E-state index in [0.717, 1.165) is 61.8 Å². The maximum atomic E-state index is 13.5. The number of nitrogens with zero attached hydrogens (tertiary/aromatic N) is 3. The first-order valence-corrected chi connectivity index (χ1v) is 10.4. The van der Waals surface area contributed by atoms with E-state index in [4.69, 9.17) is 9.72 Å². The van der Waals surface area contributed by atoms with Gasteiger partial charge in [-0.2, -0.15) is 0 Å². The molecule has 0 unspecified atom stereocenters. The summed E-state index contributed by atoms with van der Waals surface area (Å²) in [6.07, 6.45) is 2.04. The predicted octanol–water partition coefficient (Wildman–Crippen LogP) is 2.97. The van der Waals surface area contributed by atoms with Gasteiger partial charge in [-0.1, -0.05) is 37.6 Å². The molecular formula is C23H28N4O2. The average Bonchev–Trinajstić information content (AvgIpc) is 2.76. The normalized spacial score (nSPS) is 14.9. The first kappa shape index (κ1) is 19.6. The summed E-state index contributed by atoms with van der Waals surface area (Å²) in [5.74, 6) is 1.48. The van der Waals surface area contributed by atoms with Gasteiger partial charge in [0.15, 0.2) is 0 Å². The van der Waals surface area contributed by atoms with Crippen LogP contribution in [0.1, 0.15) is 25.6 Å². The molecule has 1 N–H and O–H groups in total. The van der Waals surface area contributed by atoms with Crippen LogP contribution in [-0.2, 0) is 6.54 Å². The molecule has 29 heavy (non-hydrogen) atoms. The number of aromatic nitrogens is 2. The molecule has 0 aliphatic carbocycles. The Morgan fingerprint density at radius 3 is 2.66 bits per heavy atom. The maximum absolute atomic E-state index is 13.5. The highest BCUT2D eigenvalue weighted by atomic mass is 16.5. The average molecular weight is 393 g/mol. The van der Waals surface area contributed by atoms with Crippen molar-refractivity contribution in [1.29, 1.82) is 0 Å². The number of ether oxygens (including phenoxy) is 1. The minimum absolute atomic E-state index is 0.0488. The van der Waals surface area contributed by atoms with Crippen LogP contribution in [0.2, 0.25) is 0 Å². The van der Waals surface area contributed by atoms with Crippen LogP contribution in [0.25, 0.3) is 16.6 Å². The topological polar surface area (TPSA) is 59.4 Å². The SMILES string of the molecule is CCCCOc1ccccc1-n1c(CN2CCNCC2)nc2ccccc2c1=O. The van der Waals surface area contributed by atoms with Crippen molar-refractivity contribution in [1.82, 2.24) is 19.8 Å². The van der Waals surface area contributed by atoms with E-state index < -0.39 is 0 Å². The number of hydrogen-bond acceptors (Lipinski definition) is 5. The van der Waals surface area contributed by atoms with Crippen molar-refractivity contribution in [3.63, 3.8) is 0 Å². The summed E-state index contributed by atoms with van der Waals surface area (Å²) < 4.78 is 7.77. The highest BCUT2D eigenvalue weighted by molar-refractivity contribution is 5.78. The predicted molar refractivity (Wildman–Crippen MR) is 116 cm³/mol. The van der Waals surface area contributed by atoms with E-state index in [1.165, 1.54) is 0 Å². The molecule has 152 valence electrons. The van der Waals surface area contributed by atoms with E-state index >= 15 is 0 Å². The zero-order valence-corrected chi connectivity index (χ0v) is 16.9. The molecule has 1 aromatic heterocycles. The van der Waals surface area contributed by atoms with Crippen LogP contribution in [0.5, 0.6) is 5.75 Å². The van der Waals surface area contributed by atoms with Gasteiger partial charge in [0.25, 0.3) is 5.56 Å². The van der Waals surface area contributed by atoms with Crippen molar-refractivity contribution in [2.45, 2.75) is 26.3 Å². The van der Waals surface area contributed by atoms with Gasteiger partial charge in [0.05, 0.1) is 29.7 Å². The van der Waals surface area contributed by atoms with Crippen molar-refractivity contribution in [2.24, 2.45) is 0 Å². The summed E-state index contributed by atoms with van der Waals surface area (Å²) in [5, 5.41) is 4.00. The van der Waals surface area contributed by atoms with Gasteiger partial charge in [0.1, 0.15) is 11.6 Å². The van der Waals surface area contributed by atoms with Crippen molar-refractivity contribution in [3.8, 4) is 11.4 Å². The zero-order chi connectivity index (χ0) is 20.1. The van der Waals surface area contributed by atoms with Gasteiger partial charge in [-0.3, -0.25) is 14.3 Å². The maximum Gasteiger partial charge on any atom is 0.266 e. The lowest BCUT2D eigenvalue weighted by atomic mass is 10.2. The molecule has 2 aromatic carbocycles. The van der Waals surface area contributed by atoms with Crippen LogP contribution in [0.4, 0.5) is 0 Å². The summed E-state index contributed by atoms with van der Waals surface area (Å²) in [5.41, 5.74) is 1.45. The Morgan fingerprint density at radius 2 is 1.83 bits per heavy atom. The van der Waals surface area contributed by atoms with Crippen LogP contribution in [-0.4, -0.2) is 47.2 Å². The standard InChI is InChI=1S/C23H28N4O2/c1-2-3-16-29-21-11-7-6-10-20(21)27-22(17-26-14-12-24-13-15-26)25-19-9-5-4-8-18(19)23(27)28/h4-11,24H,2-3,12-17H2,1H3. The summed E-state index contributed by atoms with van der Waals surface area (Å²) in [7, 11) is 0. The van der Waals surface area contributed by atoms with Crippen molar-refractivity contribution < 1.29 is 4.74 Å². The fourth-order valence-corrected chi connectivity index (χ4v) is 3.69. The Morgan fingerprint density at radius 1 is 1.07 bits per heavy atom. The van der Waals surface area contributed by atoms with Gasteiger partial charge in [-0.05, 0) is 30.7 Å². The van der Waals surface area contributed by atoms with Crippen LogP contribution >= 0.6 is 0 Å². The van der Waals surface area contributed by atoms with Gasteiger partial charge >= 0.3 is 0 Å². The Bertz CT molecular complexity index is 1020. The summed E-state index contributed by atoms with van der Waals surface area (Å²) in [6.45, 7) is 7.19. The molecule has 2 heterocycles. The van der Waals surface area contributed by atoms with E-state index in [1.807, 2.05) is 48.5 Å². The first-order chi connectivity index (χ1) is 14.3. The minimum Gasteiger partial charge on any atom is -0.491 e. The fraction of sp³-hybridized carbons (Fsp3) is 0.391. The monoisotopic (exact) mass is 392 g/mol. The number of rotatable bonds is 7. The lowest BCUT2D eigenvalue weighted by molar-refractivity contribution is 0.226. The molecule has 1 fully saturated rings. The third-order valence-electron chi connectivity index (χ3n) is 5.28. The van der Waals surface area contributed by atoms with E-state index in [2.05, 4.69) is 17.1 Å². The highest BCUT2D eigenvalue weighted by Crippen LogP contribution is 2.24. The zero-order valence-electron chi connectivity index (χ0n) is 16.9. The Labute approximate surface area is 171 Å². The van der Waals surface area contributed by atoms with Crippen molar-refractivity contribution in [2.75, 3.05) is 32.8 Å². The minimum atomic E-state index is -0.0488. The van der Waals surface area contributed by atoms with Gasteiger partial charge in [0, 0.05) is 26.2 Å². The fourth-order valence-electron chi connectivity index (χ4n) is 3.69. The smallest absolute Gasteiger partial charge is 0.266 e. The second-order valence-corrected chi connectivity index (χ2v) is 7.38. The Balaban J connectivity index is 1.83. The van der Waals surface area contributed by atoms with Crippen LogP contribution in [0, 0.1) is 0 Å². The molecule has 0 amide bonds. The number of para-hydroxylation sites is 3. The lowest BCUT2D eigenvalue weighted by Gasteiger charge is -2.28. The number of unbranched alkanes of at least 4 members (excludes halogenated alkanes) is 1. The molecular weight excluding hydrogens is 364 g/mol. The van der Waals surface area contributed by atoms with Gasteiger partial charge in [-0.15, -0.1) is 0 Å². The number of piperazine rings is 1. The van der Waals surface area contributed by atoms with Crippen molar-refractivity contribution >= 4 is 10.9 Å². The molecule has 0 spiro atoms. The molecule has 0 atom stereocenters. The number of fused-ring (bicyclic) bond motifs is 1. The van der Waals surface area contributed by atoms with E-state index in [0.29, 0.717) is 18.5 Å². The van der Waals surface area contributed by atoms with E-state index in [1.54, 1.807) is 4.57 Å². The summed E-state index contributed by atoms with van der Waals surface area (Å²) in [4.78, 5) is 20.7. The largest absolute Gasteiger partial charge is 0.491 e. The van der Waals surface area contributed by atoms with Gasteiger partial charge < -0.3 is 10.1 Å². The van der Waals surface area contributed by atoms with Gasteiger partial charge in [0.2, 0.25) is 0 Å². The third kappa shape index (κ3) is 4.33. The molecule has 1 aliphatic heterocycles. The quantitative estimate of drug-likeness (QED) is 0.627. The third-order valence-corrected chi connectivity index (χ3v) is 5.28. The molecule has 6 heteroatoms. The number of hydrogen-bond donors (Lipinski definition) is 1. The molecule has 1 aliphatic rings. The molecule has 6 nitrogen and oxygen atoms in total. The first-order valence-electron chi connectivity index (χ1n) is 10.4. The molecule has 3 aromatic rings. The summed E-state index contributed by atoms with van der Waals surface area (Å²) >= 11 is 0. The second-order valence-electron chi connectivity index (χ2n) is 7.38. The van der Waals surface area contributed by atoms with E-state index in [9.17, 15) is 4.79 Å². The molecule has 1 saturated heterocycles. The number of nitrogens with one attached hydrogen (secondary N) is 1. The molecule has 4 rings (SSSR count). The highest BCUT2D eigenvalue weighted by Gasteiger charge is 2.19. The number of benzene rings is 2. The van der Waals surface area contributed by atoms with Crippen LogP contribution in [0.3, 0.4) is 0 Å². The van der Waals surface area contributed by atoms with E-state index in [-0.39, 0.29) is 5.56 Å². The molecule has 0 bridgehead atoms. The Kier molecular flexibility index (Phi) is 6.22. The lowest BCUT2D eigenvalue weighted by Crippen LogP contribution is -2.44. The van der Waals surface area contributed by atoms with Crippen molar-refractivity contribution in [3.05, 3.63) is 64.7 Å². The Hall–Kier alpha value is -2.70. The molecule has 0 radical (unpaired) electrons. The molecule has 0 saturated carbocycles. The van der Waals surface area contributed by atoms with Gasteiger partial charge in [-0.25, -0.2) is 4.98 Å². The summed E-state index contributed by atoms with van der Waals surface area (Å²) in [6, 6.07) is 15.3.